The predicted octanol–water partition coefficient (Wildman–Crippen LogP) is 0.379. The summed E-state index contributed by atoms with van der Waals surface area (Å²) in [7, 11) is 0. The molecule has 21 heavy (non-hydrogen) atoms. The van der Waals surface area contributed by atoms with Crippen molar-refractivity contribution in [1.82, 2.24) is 25.5 Å². The van der Waals surface area contributed by atoms with E-state index in [4.69, 9.17) is 0 Å². The molecular weight excluding hydrogens is 274 g/mol. The van der Waals surface area contributed by atoms with Crippen molar-refractivity contribution < 1.29 is 14.4 Å². The quantitative estimate of drug-likeness (QED) is 0.621. The van der Waals surface area contributed by atoms with Crippen molar-refractivity contribution in [3.8, 4) is 0 Å². The predicted molar refractivity (Wildman–Crippen MR) is 72.3 cm³/mol. The summed E-state index contributed by atoms with van der Waals surface area (Å²) in [5.74, 6) is -1.49. The van der Waals surface area contributed by atoms with Crippen LogP contribution in [0.3, 0.4) is 0 Å². The monoisotopic (exact) mass is 293 g/mol. The van der Waals surface area contributed by atoms with E-state index in [0.717, 1.165) is 0 Å². The number of H-pyrrole nitrogens is 1. The number of aromatic nitrogens is 4. The molecule has 1 saturated heterocycles. The van der Waals surface area contributed by atoms with Crippen LogP contribution in [-0.2, 0) is 9.59 Å². The first-order valence-electron chi connectivity index (χ1n) is 7.01. The number of hydrogen-bond acceptors (Lipinski definition) is 6. The number of carbonyl (C=O) groups is 3. The van der Waals surface area contributed by atoms with E-state index in [1.165, 1.54) is 4.90 Å². The fourth-order valence-corrected chi connectivity index (χ4v) is 2.28. The molecule has 1 aromatic rings. The molecule has 1 N–H and O–H groups in total. The van der Waals surface area contributed by atoms with E-state index in [0.29, 0.717) is 25.8 Å². The van der Waals surface area contributed by atoms with Gasteiger partial charge in [0, 0.05) is 12.0 Å². The molecule has 1 amide bonds. The number of nitrogens with one attached hydrogen (secondary N) is 1. The van der Waals surface area contributed by atoms with Gasteiger partial charge in [0.25, 0.3) is 5.91 Å². The van der Waals surface area contributed by atoms with E-state index in [1.807, 2.05) is 6.92 Å². The summed E-state index contributed by atoms with van der Waals surface area (Å²) in [6.07, 6.45) is 1.76. The average molecular weight is 293 g/mol. The van der Waals surface area contributed by atoms with Gasteiger partial charge in [-0.25, -0.2) is 0 Å². The molecule has 1 aliphatic rings. The Bertz CT molecular complexity index is 552. The fraction of sp³-hybridized carbons (Fsp3) is 0.692. The van der Waals surface area contributed by atoms with Crippen LogP contribution in [0.2, 0.25) is 0 Å². The third kappa shape index (κ3) is 2.84. The van der Waals surface area contributed by atoms with Gasteiger partial charge in [-0.2, -0.15) is 5.21 Å². The van der Waals surface area contributed by atoms with Crippen LogP contribution in [-0.4, -0.2) is 55.6 Å². The number of rotatable bonds is 5. The highest BCUT2D eigenvalue weighted by molar-refractivity contribution is 6.38. The Morgan fingerprint density at radius 2 is 2.10 bits per heavy atom. The molecule has 8 heteroatoms. The minimum Gasteiger partial charge on any atom is -0.326 e. The van der Waals surface area contributed by atoms with Crippen LogP contribution in [0.4, 0.5) is 0 Å². The van der Waals surface area contributed by atoms with Crippen molar-refractivity contribution in [2.45, 2.75) is 46.1 Å². The van der Waals surface area contributed by atoms with Crippen LogP contribution in [0.5, 0.6) is 0 Å². The van der Waals surface area contributed by atoms with Crippen molar-refractivity contribution >= 4 is 17.5 Å². The number of Topliss-reactive ketones (excluding diaryl/α,β-unsaturated/α-hetero) is 2. The SMILES string of the molecule is CCC(C)(C)C(=O)C(=O)N1CCCC1C(=O)c1nn[nH]n1. The van der Waals surface area contributed by atoms with Gasteiger partial charge in [-0.15, -0.1) is 10.2 Å². The van der Waals surface area contributed by atoms with Crippen LogP contribution in [0.15, 0.2) is 0 Å². The van der Waals surface area contributed by atoms with Gasteiger partial charge in [0.2, 0.25) is 17.4 Å². The van der Waals surface area contributed by atoms with E-state index in [9.17, 15) is 14.4 Å². The van der Waals surface area contributed by atoms with E-state index < -0.39 is 23.1 Å². The normalized spacial score (nSPS) is 18.8. The Balaban J connectivity index is 2.17. The van der Waals surface area contributed by atoms with Crippen molar-refractivity contribution in [3.63, 3.8) is 0 Å². The van der Waals surface area contributed by atoms with Gasteiger partial charge < -0.3 is 4.90 Å². The Hall–Kier alpha value is -2.12. The molecule has 1 atom stereocenters. The lowest BCUT2D eigenvalue weighted by Gasteiger charge is -2.27. The van der Waals surface area contributed by atoms with Crippen LogP contribution >= 0.6 is 0 Å². The fourth-order valence-electron chi connectivity index (χ4n) is 2.28. The number of aromatic amines is 1. The van der Waals surface area contributed by atoms with Gasteiger partial charge in [-0.1, -0.05) is 20.8 Å². The lowest BCUT2D eigenvalue weighted by atomic mass is 9.84. The van der Waals surface area contributed by atoms with Gasteiger partial charge in [0.15, 0.2) is 0 Å². The summed E-state index contributed by atoms with van der Waals surface area (Å²) < 4.78 is 0. The highest BCUT2D eigenvalue weighted by Crippen LogP contribution is 2.26. The van der Waals surface area contributed by atoms with Gasteiger partial charge in [0.05, 0.1) is 6.04 Å². The van der Waals surface area contributed by atoms with Crippen molar-refractivity contribution in [1.29, 1.82) is 0 Å². The zero-order chi connectivity index (χ0) is 15.6. The van der Waals surface area contributed by atoms with Crippen molar-refractivity contribution in [2.75, 3.05) is 6.54 Å². The number of amides is 1. The number of tetrazole rings is 1. The maximum absolute atomic E-state index is 12.4. The van der Waals surface area contributed by atoms with E-state index in [1.54, 1.807) is 13.8 Å². The second kappa shape index (κ2) is 5.71. The first-order chi connectivity index (χ1) is 9.88. The average Bonchev–Trinajstić information content (AvgIpc) is 3.15. The zero-order valence-electron chi connectivity index (χ0n) is 12.4. The first-order valence-corrected chi connectivity index (χ1v) is 7.01. The molecule has 2 heterocycles. The summed E-state index contributed by atoms with van der Waals surface area (Å²) in [5, 5.41) is 12.8. The van der Waals surface area contributed by atoms with Gasteiger partial charge in [-0.05, 0) is 24.5 Å². The second-order valence-corrected chi connectivity index (χ2v) is 5.82. The molecule has 2 rings (SSSR count). The molecule has 114 valence electrons. The van der Waals surface area contributed by atoms with E-state index in [2.05, 4.69) is 20.6 Å². The molecule has 0 aromatic carbocycles. The lowest BCUT2D eigenvalue weighted by Crippen LogP contribution is -2.47. The molecule has 8 nitrogen and oxygen atoms in total. The Morgan fingerprint density at radius 3 is 2.67 bits per heavy atom. The number of nitrogens with zero attached hydrogens (tertiary/aromatic N) is 4. The summed E-state index contributed by atoms with van der Waals surface area (Å²) >= 11 is 0. The zero-order valence-corrected chi connectivity index (χ0v) is 12.4. The molecule has 1 aromatic heterocycles. The molecule has 0 spiro atoms. The molecule has 1 fully saturated rings. The molecule has 0 radical (unpaired) electrons. The Morgan fingerprint density at radius 1 is 1.38 bits per heavy atom. The summed E-state index contributed by atoms with van der Waals surface area (Å²) in [6.45, 7) is 5.73. The van der Waals surface area contributed by atoms with Crippen LogP contribution < -0.4 is 0 Å². The smallest absolute Gasteiger partial charge is 0.291 e. The summed E-state index contributed by atoms with van der Waals surface area (Å²) in [5.41, 5.74) is -0.723. The molecule has 0 bridgehead atoms. The molecule has 0 aliphatic carbocycles. The van der Waals surface area contributed by atoms with Gasteiger partial charge in [0.1, 0.15) is 0 Å². The first kappa shape index (κ1) is 15.3. The number of hydrogen-bond donors (Lipinski definition) is 1. The Kier molecular flexibility index (Phi) is 4.15. The van der Waals surface area contributed by atoms with Crippen molar-refractivity contribution in [2.24, 2.45) is 5.41 Å². The van der Waals surface area contributed by atoms with Crippen LogP contribution in [0.1, 0.15) is 50.7 Å². The minimum atomic E-state index is -0.723. The van der Waals surface area contributed by atoms with Crippen LogP contribution in [0, 0.1) is 5.41 Å². The second-order valence-electron chi connectivity index (χ2n) is 5.82. The van der Waals surface area contributed by atoms with E-state index >= 15 is 0 Å². The van der Waals surface area contributed by atoms with Gasteiger partial charge >= 0.3 is 0 Å². The summed E-state index contributed by atoms with van der Waals surface area (Å²) in [6, 6.07) is -0.674. The summed E-state index contributed by atoms with van der Waals surface area (Å²) in [4.78, 5) is 38.3. The maximum Gasteiger partial charge on any atom is 0.291 e. The lowest BCUT2D eigenvalue weighted by molar-refractivity contribution is -0.149. The number of ketones is 2. The number of likely N-dealkylation sites (tertiary alicyclic amines) is 1. The Labute approximate surface area is 122 Å². The highest BCUT2D eigenvalue weighted by atomic mass is 16.2. The molecule has 1 aliphatic heterocycles. The molecular formula is C13H19N5O3. The largest absolute Gasteiger partial charge is 0.326 e. The molecule has 1 unspecified atom stereocenters. The van der Waals surface area contributed by atoms with Crippen molar-refractivity contribution in [3.05, 3.63) is 5.82 Å². The highest BCUT2D eigenvalue weighted by Gasteiger charge is 2.42. The maximum atomic E-state index is 12.4. The minimum absolute atomic E-state index is 0.0538. The van der Waals surface area contributed by atoms with E-state index in [-0.39, 0.29) is 11.6 Å². The topological polar surface area (TPSA) is 109 Å². The van der Waals surface area contributed by atoms with Gasteiger partial charge in [-0.3, -0.25) is 14.4 Å². The van der Waals surface area contributed by atoms with Crippen LogP contribution in [0.25, 0.3) is 0 Å². The third-order valence-corrected chi connectivity index (χ3v) is 4.07. The number of carbonyl (C=O) groups excluding carboxylic acids is 3. The molecule has 0 saturated carbocycles. The third-order valence-electron chi connectivity index (χ3n) is 4.07. The standard InChI is InChI=1S/C13H19N5O3/c1-4-13(2,3)10(20)12(21)18-7-5-6-8(18)9(19)11-14-16-17-15-11/h8H,4-7H2,1-3H3,(H,14,15,16,17).